The Morgan fingerprint density at radius 2 is 1.82 bits per heavy atom. The molecule has 0 aromatic heterocycles. The van der Waals surface area contributed by atoms with Crippen LogP contribution in [0.2, 0.25) is 0 Å². The summed E-state index contributed by atoms with van der Waals surface area (Å²) in [6.07, 6.45) is 2.45. The summed E-state index contributed by atoms with van der Waals surface area (Å²) < 4.78 is 6.04. The van der Waals surface area contributed by atoms with Gasteiger partial charge in [-0.3, -0.25) is 9.59 Å². The lowest BCUT2D eigenvalue weighted by Crippen LogP contribution is -2.42. The maximum Gasteiger partial charge on any atom is 0.251 e. The SMILES string of the molecule is C=C(SC(COc1ccc(C(=O)NC2CN(C)CC2/C(=N/NC=O)SC)cc1)=C(C)C)c1ccc(CO)cc1. The fourth-order valence-corrected chi connectivity index (χ4v) is 5.71. The second-order valence-electron chi connectivity index (χ2n) is 9.43. The zero-order valence-electron chi connectivity index (χ0n) is 22.8. The largest absolute Gasteiger partial charge is 0.488 e. The smallest absolute Gasteiger partial charge is 0.251 e. The number of allylic oxidation sites excluding steroid dienone is 1. The third-order valence-electron chi connectivity index (χ3n) is 6.32. The Hall–Kier alpha value is -3.05. The Kier molecular flexibility index (Phi) is 11.7. The van der Waals surface area contributed by atoms with Crippen molar-refractivity contribution in [3.63, 3.8) is 0 Å². The predicted octanol–water partition coefficient (Wildman–Crippen LogP) is 4.34. The molecule has 3 N–H and O–H groups in total. The zero-order chi connectivity index (χ0) is 28.4. The van der Waals surface area contributed by atoms with Crippen LogP contribution in [-0.4, -0.2) is 66.4 Å². The number of aliphatic hydroxyl groups excluding tert-OH is 1. The van der Waals surface area contributed by atoms with Gasteiger partial charge >= 0.3 is 0 Å². The van der Waals surface area contributed by atoms with Gasteiger partial charge in [0.1, 0.15) is 12.4 Å². The van der Waals surface area contributed by atoms with E-state index in [0.29, 0.717) is 30.9 Å². The third-order valence-corrected chi connectivity index (χ3v) is 8.39. The summed E-state index contributed by atoms with van der Waals surface area (Å²) in [6.45, 7) is 10.1. The van der Waals surface area contributed by atoms with Crippen LogP contribution in [0, 0.1) is 5.92 Å². The second-order valence-corrected chi connectivity index (χ2v) is 11.4. The van der Waals surface area contributed by atoms with Gasteiger partial charge in [0.25, 0.3) is 5.91 Å². The van der Waals surface area contributed by atoms with Gasteiger partial charge in [0, 0.05) is 34.4 Å². The van der Waals surface area contributed by atoms with Crippen molar-refractivity contribution >= 4 is 45.8 Å². The number of benzene rings is 2. The maximum absolute atomic E-state index is 13.0. The molecule has 2 atom stereocenters. The third kappa shape index (κ3) is 8.72. The summed E-state index contributed by atoms with van der Waals surface area (Å²) in [5.74, 6) is 0.491. The number of hydrogen-bond acceptors (Lipinski definition) is 8. The summed E-state index contributed by atoms with van der Waals surface area (Å²) in [7, 11) is 2.00. The number of thioether (sulfide) groups is 2. The Balaban J connectivity index is 1.59. The van der Waals surface area contributed by atoms with Crippen LogP contribution in [-0.2, 0) is 11.4 Å². The molecule has 208 valence electrons. The summed E-state index contributed by atoms with van der Waals surface area (Å²) in [5.41, 5.74) is 5.91. The molecular formula is C29H36N4O4S2. The van der Waals surface area contributed by atoms with Crippen LogP contribution >= 0.6 is 23.5 Å². The monoisotopic (exact) mass is 568 g/mol. The lowest BCUT2D eigenvalue weighted by Gasteiger charge is -2.20. The normalized spacial score (nSPS) is 17.4. The molecule has 39 heavy (non-hydrogen) atoms. The molecule has 1 aliphatic heterocycles. The van der Waals surface area contributed by atoms with E-state index in [1.807, 2.05) is 51.4 Å². The number of aliphatic hydroxyl groups is 1. The van der Waals surface area contributed by atoms with Gasteiger partial charge in [-0.25, -0.2) is 5.43 Å². The molecule has 8 nitrogen and oxygen atoms in total. The van der Waals surface area contributed by atoms with Gasteiger partial charge < -0.3 is 20.1 Å². The van der Waals surface area contributed by atoms with E-state index in [1.54, 1.807) is 36.0 Å². The van der Waals surface area contributed by atoms with Crippen molar-refractivity contribution in [1.29, 1.82) is 0 Å². The Morgan fingerprint density at radius 1 is 1.15 bits per heavy atom. The number of likely N-dealkylation sites (tertiary alicyclic amines) is 1. The van der Waals surface area contributed by atoms with Crippen LogP contribution in [0.15, 0.2) is 70.7 Å². The van der Waals surface area contributed by atoms with Crippen molar-refractivity contribution in [2.45, 2.75) is 26.5 Å². The van der Waals surface area contributed by atoms with Crippen LogP contribution in [0.25, 0.3) is 4.91 Å². The topological polar surface area (TPSA) is 103 Å². The first-order valence-electron chi connectivity index (χ1n) is 12.5. The number of rotatable bonds is 12. The highest BCUT2D eigenvalue weighted by Gasteiger charge is 2.35. The molecule has 0 bridgehead atoms. The van der Waals surface area contributed by atoms with Crippen molar-refractivity contribution in [3.8, 4) is 5.75 Å². The van der Waals surface area contributed by atoms with Crippen molar-refractivity contribution < 1.29 is 19.4 Å². The average molecular weight is 569 g/mol. The molecule has 1 heterocycles. The number of carbonyl (C=O) groups is 2. The minimum absolute atomic E-state index is 0.00800. The lowest BCUT2D eigenvalue weighted by atomic mass is 10.0. The molecule has 0 spiro atoms. The summed E-state index contributed by atoms with van der Waals surface area (Å²) >= 11 is 3.03. The van der Waals surface area contributed by atoms with Crippen LogP contribution in [0.5, 0.6) is 5.75 Å². The van der Waals surface area contributed by atoms with Crippen molar-refractivity contribution in [3.05, 3.63) is 82.3 Å². The standard InChI is InChI=1S/C29H36N4O4S2/c1-19(2)27(39-20(3)22-8-6-21(16-34)7-9-22)17-37-24-12-10-23(11-13-24)28(36)31-26-15-33(4)14-25(26)29(38-5)32-30-18-35/h6-13,18,25-26,34H,3,14-17H2,1-2,4-5H3,(H,30,35)(H,31,36)/b32-29-. The first-order valence-corrected chi connectivity index (χ1v) is 14.6. The minimum atomic E-state index is -0.167. The lowest BCUT2D eigenvalue weighted by molar-refractivity contribution is -0.109. The van der Waals surface area contributed by atoms with E-state index in [0.717, 1.165) is 38.1 Å². The summed E-state index contributed by atoms with van der Waals surface area (Å²) in [5, 5.41) is 17.3. The molecule has 0 saturated carbocycles. The highest BCUT2D eigenvalue weighted by Crippen LogP contribution is 2.34. The van der Waals surface area contributed by atoms with E-state index >= 15 is 0 Å². The number of nitrogens with zero attached hydrogens (tertiary/aromatic N) is 2. The summed E-state index contributed by atoms with van der Waals surface area (Å²) in [6, 6.07) is 14.7. The van der Waals surface area contributed by atoms with Crippen LogP contribution < -0.4 is 15.5 Å². The fraction of sp³-hybridized carbons (Fsp3) is 0.345. The van der Waals surface area contributed by atoms with Crippen LogP contribution in [0.4, 0.5) is 0 Å². The van der Waals surface area contributed by atoms with Gasteiger partial charge in [0.15, 0.2) is 0 Å². The summed E-state index contributed by atoms with van der Waals surface area (Å²) in [4.78, 5) is 27.8. The quantitative estimate of drug-likeness (QED) is 0.152. The predicted molar refractivity (Wildman–Crippen MR) is 162 cm³/mol. The molecule has 3 rings (SSSR count). The minimum Gasteiger partial charge on any atom is -0.488 e. The van der Waals surface area contributed by atoms with Gasteiger partial charge in [-0.2, -0.15) is 5.10 Å². The molecular weight excluding hydrogens is 532 g/mol. The zero-order valence-corrected chi connectivity index (χ0v) is 24.4. The van der Waals surface area contributed by atoms with Gasteiger partial charge in [0.05, 0.1) is 17.7 Å². The molecule has 1 fully saturated rings. The van der Waals surface area contributed by atoms with E-state index in [1.165, 1.54) is 11.8 Å². The van der Waals surface area contributed by atoms with Gasteiger partial charge in [-0.05, 0) is 62.5 Å². The van der Waals surface area contributed by atoms with Crippen molar-refractivity contribution in [1.82, 2.24) is 15.6 Å². The second kappa shape index (κ2) is 14.9. The number of carbonyl (C=O) groups excluding carboxylic acids is 2. The highest BCUT2D eigenvalue weighted by molar-refractivity contribution is 8.13. The molecule has 2 aromatic carbocycles. The maximum atomic E-state index is 13.0. The van der Waals surface area contributed by atoms with E-state index in [2.05, 4.69) is 27.3 Å². The Morgan fingerprint density at radius 3 is 2.41 bits per heavy atom. The first kappa shape index (κ1) is 30.5. The number of hydrogen-bond donors (Lipinski definition) is 3. The molecule has 0 radical (unpaired) electrons. The van der Waals surface area contributed by atoms with E-state index in [9.17, 15) is 14.7 Å². The molecule has 2 aromatic rings. The fourth-order valence-electron chi connectivity index (χ4n) is 4.15. The van der Waals surface area contributed by atoms with Crippen molar-refractivity contribution in [2.24, 2.45) is 11.0 Å². The van der Waals surface area contributed by atoms with Crippen molar-refractivity contribution in [2.75, 3.05) is 33.0 Å². The van der Waals surface area contributed by atoms with Gasteiger partial charge in [0.2, 0.25) is 6.41 Å². The van der Waals surface area contributed by atoms with E-state index < -0.39 is 0 Å². The number of hydrazone groups is 1. The van der Waals surface area contributed by atoms with Gasteiger partial charge in [-0.15, -0.1) is 11.8 Å². The molecule has 10 heteroatoms. The molecule has 1 aliphatic rings. The van der Waals surface area contributed by atoms with Crippen LogP contribution in [0.3, 0.4) is 0 Å². The number of likely N-dealkylation sites (N-methyl/N-ethyl adjacent to an activating group) is 1. The Labute approximate surface area is 239 Å². The number of amides is 2. The van der Waals surface area contributed by atoms with Gasteiger partial charge in [-0.1, -0.05) is 48.2 Å². The molecule has 2 unspecified atom stereocenters. The Bertz CT molecular complexity index is 1210. The average Bonchev–Trinajstić information content (AvgIpc) is 3.30. The highest BCUT2D eigenvalue weighted by atomic mass is 32.2. The molecule has 1 saturated heterocycles. The van der Waals surface area contributed by atoms with E-state index in [4.69, 9.17) is 4.74 Å². The van der Waals surface area contributed by atoms with Crippen LogP contribution in [0.1, 0.15) is 35.3 Å². The molecule has 2 amide bonds. The molecule has 0 aliphatic carbocycles. The number of ether oxygens (including phenoxy) is 1. The first-order chi connectivity index (χ1) is 18.7. The number of nitrogens with one attached hydrogen (secondary N) is 2. The van der Waals surface area contributed by atoms with E-state index in [-0.39, 0.29) is 24.5 Å².